The van der Waals surface area contributed by atoms with Crippen molar-refractivity contribution in [3.05, 3.63) is 71.5 Å². The highest BCUT2D eigenvalue weighted by Gasteiger charge is 2.24. The highest BCUT2D eigenvalue weighted by Crippen LogP contribution is 2.24. The highest BCUT2D eigenvalue weighted by atomic mass is 19.1. The van der Waals surface area contributed by atoms with Crippen LogP contribution in [0, 0.1) is 5.82 Å². The standard InChI is InChI=1S/C19H22FNO/c1-19(2,16-10-6-7-11-17(16)20)14-21-18(22)13-12-15-8-4-3-5-9-15/h3-11H,12-14H2,1-2H3,(H,21,22). The molecular weight excluding hydrogens is 277 g/mol. The largest absolute Gasteiger partial charge is 0.355 e. The van der Waals surface area contributed by atoms with E-state index in [9.17, 15) is 9.18 Å². The van der Waals surface area contributed by atoms with Crippen molar-refractivity contribution in [2.24, 2.45) is 0 Å². The van der Waals surface area contributed by atoms with E-state index in [2.05, 4.69) is 5.32 Å². The predicted octanol–water partition coefficient (Wildman–Crippen LogP) is 3.85. The van der Waals surface area contributed by atoms with Gasteiger partial charge < -0.3 is 5.32 Å². The number of rotatable bonds is 6. The lowest BCUT2D eigenvalue weighted by molar-refractivity contribution is -0.121. The summed E-state index contributed by atoms with van der Waals surface area (Å²) in [5, 5.41) is 2.91. The first-order valence-electron chi connectivity index (χ1n) is 7.55. The van der Waals surface area contributed by atoms with Gasteiger partial charge in [-0.25, -0.2) is 4.39 Å². The number of hydrogen-bond acceptors (Lipinski definition) is 1. The summed E-state index contributed by atoms with van der Waals surface area (Å²) < 4.78 is 13.9. The zero-order chi connectivity index (χ0) is 16.0. The van der Waals surface area contributed by atoms with Crippen molar-refractivity contribution in [2.45, 2.75) is 32.1 Å². The van der Waals surface area contributed by atoms with Crippen LogP contribution in [-0.4, -0.2) is 12.5 Å². The molecule has 0 heterocycles. The number of amides is 1. The smallest absolute Gasteiger partial charge is 0.220 e. The maximum Gasteiger partial charge on any atom is 0.220 e. The molecule has 0 saturated heterocycles. The van der Waals surface area contributed by atoms with Crippen LogP contribution in [0.2, 0.25) is 0 Å². The van der Waals surface area contributed by atoms with Gasteiger partial charge in [0.25, 0.3) is 0 Å². The fourth-order valence-electron chi connectivity index (χ4n) is 2.42. The number of aryl methyl sites for hydroxylation is 1. The second-order valence-corrected chi connectivity index (χ2v) is 6.13. The molecule has 0 aliphatic carbocycles. The first-order chi connectivity index (χ1) is 10.5. The molecule has 0 spiro atoms. The topological polar surface area (TPSA) is 29.1 Å². The number of nitrogens with one attached hydrogen (secondary N) is 1. The molecular formula is C19H22FNO. The summed E-state index contributed by atoms with van der Waals surface area (Å²) in [5.74, 6) is -0.237. The molecule has 2 aromatic rings. The molecule has 0 fully saturated rings. The Morgan fingerprint density at radius 3 is 2.36 bits per heavy atom. The van der Waals surface area contributed by atoms with E-state index in [0.29, 0.717) is 24.9 Å². The lowest BCUT2D eigenvalue weighted by Gasteiger charge is -2.26. The van der Waals surface area contributed by atoms with Crippen LogP contribution in [0.4, 0.5) is 4.39 Å². The van der Waals surface area contributed by atoms with Crippen LogP contribution in [0.15, 0.2) is 54.6 Å². The monoisotopic (exact) mass is 299 g/mol. The molecule has 0 saturated carbocycles. The van der Waals surface area contributed by atoms with E-state index in [0.717, 1.165) is 5.56 Å². The van der Waals surface area contributed by atoms with Gasteiger partial charge in [0.1, 0.15) is 5.82 Å². The first kappa shape index (κ1) is 16.2. The van der Waals surface area contributed by atoms with Gasteiger partial charge in [-0.15, -0.1) is 0 Å². The van der Waals surface area contributed by atoms with Gasteiger partial charge in [0, 0.05) is 18.4 Å². The highest BCUT2D eigenvalue weighted by molar-refractivity contribution is 5.76. The molecule has 3 heteroatoms. The van der Waals surface area contributed by atoms with Crippen molar-refractivity contribution in [1.29, 1.82) is 0 Å². The Morgan fingerprint density at radius 2 is 1.68 bits per heavy atom. The van der Waals surface area contributed by atoms with Crippen LogP contribution in [0.3, 0.4) is 0 Å². The third-order valence-electron chi connectivity index (χ3n) is 3.81. The molecule has 0 aliphatic rings. The molecule has 2 aromatic carbocycles. The predicted molar refractivity (Wildman–Crippen MR) is 87.2 cm³/mol. The van der Waals surface area contributed by atoms with Crippen LogP contribution in [0.25, 0.3) is 0 Å². The number of carbonyl (C=O) groups excluding carboxylic acids is 1. The Balaban J connectivity index is 1.86. The van der Waals surface area contributed by atoms with Crippen LogP contribution in [0.5, 0.6) is 0 Å². The molecule has 1 N–H and O–H groups in total. The van der Waals surface area contributed by atoms with Crippen molar-refractivity contribution >= 4 is 5.91 Å². The lowest BCUT2D eigenvalue weighted by atomic mass is 9.84. The minimum Gasteiger partial charge on any atom is -0.355 e. The van der Waals surface area contributed by atoms with E-state index in [4.69, 9.17) is 0 Å². The van der Waals surface area contributed by atoms with Crippen molar-refractivity contribution < 1.29 is 9.18 Å². The normalized spacial score (nSPS) is 11.2. The molecule has 2 rings (SSSR count). The van der Waals surface area contributed by atoms with Crippen LogP contribution >= 0.6 is 0 Å². The Hall–Kier alpha value is -2.16. The van der Waals surface area contributed by atoms with Gasteiger partial charge in [0.05, 0.1) is 0 Å². The summed E-state index contributed by atoms with van der Waals surface area (Å²) in [7, 11) is 0. The first-order valence-corrected chi connectivity index (χ1v) is 7.55. The molecule has 0 unspecified atom stereocenters. The van der Waals surface area contributed by atoms with Crippen LogP contribution < -0.4 is 5.32 Å². The third kappa shape index (κ3) is 4.42. The van der Waals surface area contributed by atoms with E-state index in [1.165, 1.54) is 6.07 Å². The van der Waals surface area contributed by atoms with E-state index in [1.807, 2.05) is 50.2 Å². The molecule has 0 aromatic heterocycles. The van der Waals surface area contributed by atoms with E-state index in [-0.39, 0.29) is 11.7 Å². The fourth-order valence-corrected chi connectivity index (χ4v) is 2.42. The Kier molecular flexibility index (Phi) is 5.31. The van der Waals surface area contributed by atoms with Gasteiger partial charge in [-0.3, -0.25) is 4.79 Å². The molecule has 2 nitrogen and oxygen atoms in total. The molecule has 0 aliphatic heterocycles. The van der Waals surface area contributed by atoms with Crippen molar-refractivity contribution in [3.63, 3.8) is 0 Å². The van der Waals surface area contributed by atoms with Gasteiger partial charge in [-0.1, -0.05) is 62.4 Å². The Morgan fingerprint density at radius 1 is 1.05 bits per heavy atom. The molecule has 0 bridgehead atoms. The Bertz CT molecular complexity index is 622. The van der Waals surface area contributed by atoms with E-state index < -0.39 is 5.41 Å². The van der Waals surface area contributed by atoms with E-state index in [1.54, 1.807) is 12.1 Å². The van der Waals surface area contributed by atoms with Crippen molar-refractivity contribution in [2.75, 3.05) is 6.54 Å². The minimum atomic E-state index is -0.437. The van der Waals surface area contributed by atoms with Gasteiger partial charge in [0.2, 0.25) is 5.91 Å². The summed E-state index contributed by atoms with van der Waals surface area (Å²) in [6.45, 7) is 4.29. The van der Waals surface area contributed by atoms with Gasteiger partial charge in [0.15, 0.2) is 0 Å². The fraction of sp³-hybridized carbons (Fsp3) is 0.316. The minimum absolute atomic E-state index is 0.00623. The molecule has 0 radical (unpaired) electrons. The lowest BCUT2D eigenvalue weighted by Crippen LogP contribution is -2.37. The number of halogens is 1. The zero-order valence-electron chi connectivity index (χ0n) is 13.1. The number of hydrogen-bond donors (Lipinski definition) is 1. The Labute approximate surface area is 131 Å². The summed E-state index contributed by atoms with van der Waals surface area (Å²) in [4.78, 5) is 12.0. The second-order valence-electron chi connectivity index (χ2n) is 6.13. The summed E-state index contributed by atoms with van der Waals surface area (Å²) >= 11 is 0. The van der Waals surface area contributed by atoms with Gasteiger partial charge in [-0.2, -0.15) is 0 Å². The number of benzene rings is 2. The maximum atomic E-state index is 13.9. The molecule has 1 amide bonds. The average molecular weight is 299 g/mol. The van der Waals surface area contributed by atoms with Gasteiger partial charge >= 0.3 is 0 Å². The molecule has 0 atom stereocenters. The third-order valence-corrected chi connectivity index (χ3v) is 3.81. The maximum absolute atomic E-state index is 13.9. The second kappa shape index (κ2) is 7.21. The summed E-state index contributed by atoms with van der Waals surface area (Å²) in [5.41, 5.74) is 1.33. The zero-order valence-corrected chi connectivity index (χ0v) is 13.1. The summed E-state index contributed by atoms with van der Waals surface area (Å²) in [6.07, 6.45) is 1.16. The number of carbonyl (C=O) groups is 1. The van der Waals surface area contributed by atoms with Gasteiger partial charge in [-0.05, 0) is 23.6 Å². The van der Waals surface area contributed by atoms with Crippen LogP contribution in [-0.2, 0) is 16.6 Å². The molecule has 22 heavy (non-hydrogen) atoms. The molecule has 116 valence electrons. The SMILES string of the molecule is CC(C)(CNC(=O)CCc1ccccc1)c1ccccc1F. The van der Waals surface area contributed by atoms with Crippen molar-refractivity contribution in [1.82, 2.24) is 5.32 Å². The average Bonchev–Trinajstić information content (AvgIpc) is 2.52. The van der Waals surface area contributed by atoms with Crippen molar-refractivity contribution in [3.8, 4) is 0 Å². The van der Waals surface area contributed by atoms with E-state index >= 15 is 0 Å². The summed E-state index contributed by atoms with van der Waals surface area (Å²) in [6, 6.07) is 16.6. The quantitative estimate of drug-likeness (QED) is 0.862. The van der Waals surface area contributed by atoms with Crippen LogP contribution in [0.1, 0.15) is 31.4 Å².